The zero-order valence-corrected chi connectivity index (χ0v) is 15.4. The third-order valence-electron chi connectivity index (χ3n) is 5.34. The van der Waals surface area contributed by atoms with Gasteiger partial charge in [-0.25, -0.2) is 4.98 Å². The van der Waals surface area contributed by atoms with Crippen molar-refractivity contribution in [3.05, 3.63) is 35.5 Å². The van der Waals surface area contributed by atoms with E-state index in [1.165, 1.54) is 9.30 Å². The van der Waals surface area contributed by atoms with Crippen LogP contribution in [0.5, 0.6) is 0 Å². The van der Waals surface area contributed by atoms with Gasteiger partial charge in [0.05, 0.1) is 19.3 Å². The number of carbonyl (C=O) groups is 2. The number of nitrogens with zero attached hydrogens (tertiary/aromatic N) is 4. The van der Waals surface area contributed by atoms with Crippen molar-refractivity contribution < 1.29 is 18.7 Å². The predicted octanol–water partition coefficient (Wildman–Crippen LogP) is 1.64. The highest BCUT2D eigenvalue weighted by atomic mass is 19.1. The number of rotatable bonds is 3. The number of halogens is 1. The fraction of sp³-hybridized carbons (Fsp3) is 0.526. The van der Waals surface area contributed by atoms with Crippen molar-refractivity contribution in [2.75, 3.05) is 32.8 Å². The molecule has 8 heteroatoms. The molecule has 1 atom stereocenters. The number of hydrogen-bond donors (Lipinski definition) is 0. The lowest BCUT2D eigenvalue weighted by Crippen LogP contribution is -2.51. The minimum Gasteiger partial charge on any atom is -0.377 e. The molecule has 4 heterocycles. The molecule has 0 aliphatic carbocycles. The molecule has 4 rings (SSSR count). The highest BCUT2D eigenvalue weighted by Crippen LogP contribution is 2.20. The quantitative estimate of drug-likeness (QED) is 0.819. The summed E-state index contributed by atoms with van der Waals surface area (Å²) in [4.78, 5) is 33.1. The molecule has 0 aromatic carbocycles. The van der Waals surface area contributed by atoms with Crippen LogP contribution in [0.4, 0.5) is 4.39 Å². The summed E-state index contributed by atoms with van der Waals surface area (Å²) in [7, 11) is 0. The van der Waals surface area contributed by atoms with E-state index in [4.69, 9.17) is 4.74 Å². The molecule has 2 fully saturated rings. The van der Waals surface area contributed by atoms with Gasteiger partial charge in [0.15, 0.2) is 5.69 Å². The number of likely N-dealkylation sites (tertiary alicyclic amines) is 1. The van der Waals surface area contributed by atoms with Crippen molar-refractivity contribution in [1.29, 1.82) is 0 Å². The summed E-state index contributed by atoms with van der Waals surface area (Å²) in [6, 6.07) is 4.81. The third kappa shape index (κ3) is 3.29. The summed E-state index contributed by atoms with van der Waals surface area (Å²) >= 11 is 0. The smallest absolute Gasteiger partial charge is 0.277 e. The maximum Gasteiger partial charge on any atom is 0.277 e. The first-order chi connectivity index (χ1) is 13.1. The van der Waals surface area contributed by atoms with Gasteiger partial charge in [0, 0.05) is 31.7 Å². The van der Waals surface area contributed by atoms with Gasteiger partial charge in [-0.3, -0.25) is 14.0 Å². The van der Waals surface area contributed by atoms with E-state index in [0.29, 0.717) is 24.5 Å². The Morgan fingerprint density at radius 1 is 1.26 bits per heavy atom. The topological polar surface area (TPSA) is 67.2 Å². The highest BCUT2D eigenvalue weighted by molar-refractivity contribution is 5.94. The zero-order chi connectivity index (χ0) is 19.0. The van der Waals surface area contributed by atoms with Gasteiger partial charge in [0.2, 0.25) is 11.9 Å². The van der Waals surface area contributed by atoms with Crippen LogP contribution in [0, 0.1) is 12.9 Å². The lowest BCUT2D eigenvalue weighted by Gasteiger charge is -2.35. The molecular formula is C19H23FN4O3. The first-order valence-corrected chi connectivity index (χ1v) is 9.36. The van der Waals surface area contributed by atoms with Crippen molar-refractivity contribution in [3.8, 4) is 0 Å². The average Bonchev–Trinajstić information content (AvgIpc) is 3.31. The summed E-state index contributed by atoms with van der Waals surface area (Å²) in [5, 5.41) is 0. The summed E-state index contributed by atoms with van der Waals surface area (Å²) < 4.78 is 21.7. The average molecular weight is 374 g/mol. The fourth-order valence-electron chi connectivity index (χ4n) is 3.87. The number of aryl methyl sites for hydroxylation is 1. The van der Waals surface area contributed by atoms with Crippen LogP contribution in [0.1, 0.15) is 35.4 Å². The van der Waals surface area contributed by atoms with E-state index in [9.17, 15) is 14.0 Å². The zero-order valence-electron chi connectivity index (χ0n) is 15.4. The van der Waals surface area contributed by atoms with Gasteiger partial charge in [-0.2, -0.15) is 4.39 Å². The summed E-state index contributed by atoms with van der Waals surface area (Å²) in [5.74, 6) is -1.13. The van der Waals surface area contributed by atoms with E-state index in [1.807, 2.05) is 4.90 Å². The lowest BCUT2D eigenvalue weighted by atomic mass is 10.1. The number of morpholine rings is 1. The van der Waals surface area contributed by atoms with Gasteiger partial charge in [-0.1, -0.05) is 6.07 Å². The van der Waals surface area contributed by atoms with Gasteiger partial charge < -0.3 is 14.5 Å². The summed E-state index contributed by atoms with van der Waals surface area (Å²) in [6.45, 7) is 4.26. The maximum atomic E-state index is 14.9. The second-order valence-electron chi connectivity index (χ2n) is 7.13. The van der Waals surface area contributed by atoms with Crippen LogP contribution in [-0.4, -0.2) is 69.9 Å². The molecule has 2 aliphatic heterocycles. The first-order valence-electron chi connectivity index (χ1n) is 9.36. The Morgan fingerprint density at radius 3 is 2.78 bits per heavy atom. The largest absolute Gasteiger partial charge is 0.377 e. The molecule has 7 nitrogen and oxygen atoms in total. The second-order valence-corrected chi connectivity index (χ2v) is 7.13. The highest BCUT2D eigenvalue weighted by Gasteiger charge is 2.34. The number of carbonyl (C=O) groups excluding carboxylic acids is 2. The molecule has 0 N–H and O–H groups in total. The molecule has 2 aliphatic rings. The molecule has 0 spiro atoms. The molecule has 0 radical (unpaired) electrons. The molecule has 0 saturated carbocycles. The van der Waals surface area contributed by atoms with Crippen LogP contribution >= 0.6 is 0 Å². The maximum absolute atomic E-state index is 14.9. The lowest BCUT2D eigenvalue weighted by molar-refractivity contribution is -0.132. The van der Waals surface area contributed by atoms with Gasteiger partial charge in [-0.15, -0.1) is 0 Å². The number of fused-ring (bicyclic) bond motifs is 1. The van der Waals surface area contributed by atoms with Gasteiger partial charge in [0.1, 0.15) is 5.65 Å². The van der Waals surface area contributed by atoms with Crippen LogP contribution in [0.3, 0.4) is 0 Å². The Labute approximate surface area is 156 Å². The number of ether oxygens (including phenoxy) is 1. The van der Waals surface area contributed by atoms with Gasteiger partial charge in [0.25, 0.3) is 5.91 Å². The molecule has 2 aromatic rings. The Balaban J connectivity index is 1.58. The minimum atomic E-state index is -0.663. The molecular weight excluding hydrogens is 351 g/mol. The predicted molar refractivity (Wildman–Crippen MR) is 96.0 cm³/mol. The Kier molecular flexibility index (Phi) is 4.82. The van der Waals surface area contributed by atoms with Gasteiger partial charge in [-0.05, 0) is 31.9 Å². The molecule has 0 bridgehead atoms. The number of imidazole rings is 1. The normalized spacial score (nSPS) is 20.4. The molecule has 2 aromatic heterocycles. The van der Waals surface area contributed by atoms with Crippen LogP contribution in [0.2, 0.25) is 0 Å². The number of aromatic nitrogens is 2. The third-order valence-corrected chi connectivity index (χ3v) is 5.34. The van der Waals surface area contributed by atoms with Gasteiger partial charge >= 0.3 is 0 Å². The molecule has 1 unspecified atom stereocenters. The van der Waals surface area contributed by atoms with Crippen LogP contribution in [0.25, 0.3) is 5.65 Å². The number of amides is 2. The van der Waals surface area contributed by atoms with E-state index in [-0.39, 0.29) is 24.6 Å². The van der Waals surface area contributed by atoms with Crippen molar-refractivity contribution in [1.82, 2.24) is 19.2 Å². The second kappa shape index (κ2) is 7.26. The van der Waals surface area contributed by atoms with E-state index >= 15 is 0 Å². The standard InChI is InChI=1S/C19H23FN4O3/c1-13-5-4-6-15-21-17(18(20)24(13)15)19(26)23-9-10-27-12-14(23)11-16(25)22-7-2-3-8-22/h4-6,14H,2-3,7-12H2,1H3. The van der Waals surface area contributed by atoms with E-state index in [2.05, 4.69) is 4.98 Å². The molecule has 27 heavy (non-hydrogen) atoms. The van der Waals surface area contributed by atoms with Crippen molar-refractivity contribution in [3.63, 3.8) is 0 Å². The molecule has 144 valence electrons. The summed E-state index contributed by atoms with van der Waals surface area (Å²) in [6.07, 6.45) is 2.22. The Hall–Kier alpha value is -2.48. The number of pyridine rings is 1. The number of hydrogen-bond acceptors (Lipinski definition) is 4. The van der Waals surface area contributed by atoms with Crippen molar-refractivity contribution >= 4 is 17.5 Å². The fourth-order valence-corrected chi connectivity index (χ4v) is 3.87. The summed E-state index contributed by atoms with van der Waals surface area (Å²) in [5.41, 5.74) is 0.859. The first kappa shape index (κ1) is 17.9. The van der Waals surface area contributed by atoms with E-state index in [0.717, 1.165) is 25.9 Å². The van der Waals surface area contributed by atoms with E-state index < -0.39 is 17.9 Å². The van der Waals surface area contributed by atoms with Crippen molar-refractivity contribution in [2.24, 2.45) is 0 Å². The van der Waals surface area contributed by atoms with Crippen LogP contribution in [-0.2, 0) is 9.53 Å². The molecule has 2 amide bonds. The SMILES string of the molecule is Cc1cccc2nc(C(=O)N3CCOCC3CC(=O)N3CCCC3)c(F)n12. The van der Waals surface area contributed by atoms with Crippen molar-refractivity contribution in [2.45, 2.75) is 32.2 Å². The van der Waals surface area contributed by atoms with Crippen LogP contribution < -0.4 is 0 Å². The van der Waals surface area contributed by atoms with E-state index in [1.54, 1.807) is 25.1 Å². The Bertz CT molecular complexity index is 875. The van der Waals surface area contributed by atoms with Crippen LogP contribution in [0.15, 0.2) is 18.2 Å². The Morgan fingerprint density at radius 2 is 2.04 bits per heavy atom. The molecule has 2 saturated heterocycles. The monoisotopic (exact) mass is 374 g/mol. The minimum absolute atomic E-state index is 0.0205.